The minimum atomic E-state index is -0.559. The Morgan fingerprint density at radius 1 is 1.29 bits per heavy atom. The summed E-state index contributed by atoms with van der Waals surface area (Å²) in [5.74, 6) is 1.09. The van der Waals surface area contributed by atoms with Crippen LogP contribution < -0.4 is 5.73 Å². The molecule has 1 saturated heterocycles. The number of nitrogens with two attached hydrogens (primary N) is 1. The molecule has 2 aromatic heterocycles. The van der Waals surface area contributed by atoms with Crippen molar-refractivity contribution in [1.82, 2.24) is 24.8 Å². The van der Waals surface area contributed by atoms with Gasteiger partial charge in [0.2, 0.25) is 11.7 Å². The van der Waals surface area contributed by atoms with Crippen LogP contribution in [0.25, 0.3) is 11.4 Å². The highest BCUT2D eigenvalue weighted by molar-refractivity contribution is 5.59. The van der Waals surface area contributed by atoms with Gasteiger partial charge in [-0.3, -0.25) is 4.68 Å². The van der Waals surface area contributed by atoms with E-state index in [9.17, 15) is 0 Å². The first-order valence-electron chi connectivity index (χ1n) is 8.01. The van der Waals surface area contributed by atoms with Crippen molar-refractivity contribution < 1.29 is 4.52 Å². The van der Waals surface area contributed by atoms with Gasteiger partial charge in [-0.2, -0.15) is 10.1 Å². The molecule has 4 rings (SSSR count). The summed E-state index contributed by atoms with van der Waals surface area (Å²) in [7, 11) is 2.05. The molecule has 1 atom stereocenters. The van der Waals surface area contributed by atoms with Gasteiger partial charge in [0.15, 0.2) is 0 Å². The van der Waals surface area contributed by atoms with E-state index in [1.807, 2.05) is 42.2 Å². The first-order chi connectivity index (χ1) is 11.6. The Balaban J connectivity index is 1.65. The maximum atomic E-state index is 6.46. The average molecular weight is 324 g/mol. The smallest absolute Gasteiger partial charge is 0.248 e. The fourth-order valence-corrected chi connectivity index (χ4v) is 3.18. The number of aromatic nitrogens is 4. The van der Waals surface area contributed by atoms with Gasteiger partial charge >= 0.3 is 0 Å². The van der Waals surface area contributed by atoms with Crippen LogP contribution in [-0.2, 0) is 12.1 Å². The number of likely N-dealkylation sites (tertiary alicyclic amines) is 1. The molecule has 1 aromatic carbocycles. The Bertz CT molecular complexity index is 827. The average Bonchev–Trinajstić information content (AvgIpc) is 3.30. The summed E-state index contributed by atoms with van der Waals surface area (Å²) in [5, 5.41) is 8.44. The summed E-state index contributed by atoms with van der Waals surface area (Å²) in [4.78, 5) is 6.78. The lowest BCUT2D eigenvalue weighted by atomic mass is 10.0. The second-order valence-electron chi connectivity index (χ2n) is 6.43. The normalized spacial score (nSPS) is 21.4. The van der Waals surface area contributed by atoms with Crippen LogP contribution in [0.15, 0.2) is 47.2 Å². The molecule has 3 heterocycles. The summed E-state index contributed by atoms with van der Waals surface area (Å²) < 4.78 is 7.38. The lowest BCUT2D eigenvalue weighted by Gasteiger charge is -2.18. The highest BCUT2D eigenvalue weighted by Crippen LogP contribution is 2.30. The molecule has 0 saturated carbocycles. The topological polar surface area (TPSA) is 86.0 Å². The maximum absolute atomic E-state index is 6.46. The zero-order valence-electron chi connectivity index (χ0n) is 13.6. The minimum Gasteiger partial charge on any atom is -0.337 e. The van der Waals surface area contributed by atoms with Crippen molar-refractivity contribution in [3.8, 4) is 11.4 Å². The van der Waals surface area contributed by atoms with Crippen molar-refractivity contribution in [2.24, 2.45) is 5.73 Å². The maximum Gasteiger partial charge on any atom is 0.248 e. The Morgan fingerprint density at radius 2 is 2.17 bits per heavy atom. The molecule has 0 bridgehead atoms. The van der Waals surface area contributed by atoms with Crippen LogP contribution in [0.3, 0.4) is 0 Å². The van der Waals surface area contributed by atoms with Gasteiger partial charge in [0.05, 0.1) is 6.54 Å². The molecule has 1 aliphatic heterocycles. The van der Waals surface area contributed by atoms with E-state index in [4.69, 9.17) is 10.3 Å². The summed E-state index contributed by atoms with van der Waals surface area (Å²) >= 11 is 0. The predicted molar refractivity (Wildman–Crippen MR) is 89.0 cm³/mol. The molecule has 2 N–H and O–H groups in total. The van der Waals surface area contributed by atoms with Gasteiger partial charge in [0.1, 0.15) is 5.54 Å². The Morgan fingerprint density at radius 3 is 2.92 bits per heavy atom. The largest absolute Gasteiger partial charge is 0.337 e. The third kappa shape index (κ3) is 2.72. The van der Waals surface area contributed by atoms with Gasteiger partial charge in [-0.05, 0) is 25.1 Å². The highest BCUT2D eigenvalue weighted by atomic mass is 16.5. The van der Waals surface area contributed by atoms with Crippen LogP contribution in [0.1, 0.15) is 17.9 Å². The molecule has 1 aliphatic rings. The van der Waals surface area contributed by atoms with E-state index < -0.39 is 5.54 Å². The summed E-state index contributed by atoms with van der Waals surface area (Å²) in [6.45, 7) is 2.32. The molecule has 1 unspecified atom stereocenters. The van der Waals surface area contributed by atoms with Gasteiger partial charge < -0.3 is 15.2 Å². The van der Waals surface area contributed by atoms with Crippen LogP contribution in [0.2, 0.25) is 0 Å². The van der Waals surface area contributed by atoms with E-state index >= 15 is 0 Å². The quantitative estimate of drug-likeness (QED) is 0.782. The van der Waals surface area contributed by atoms with Crippen molar-refractivity contribution in [2.45, 2.75) is 18.5 Å². The fraction of sp³-hybridized carbons (Fsp3) is 0.353. The molecule has 0 radical (unpaired) electrons. The summed E-state index contributed by atoms with van der Waals surface area (Å²) in [5.41, 5.74) is 7.93. The van der Waals surface area contributed by atoms with E-state index in [0.29, 0.717) is 18.3 Å². The molecule has 0 spiro atoms. The third-order valence-electron chi connectivity index (χ3n) is 4.49. The monoisotopic (exact) mass is 324 g/mol. The molecular weight excluding hydrogens is 304 g/mol. The number of rotatable bonds is 4. The first kappa shape index (κ1) is 15.0. The Kier molecular flexibility index (Phi) is 3.66. The van der Waals surface area contributed by atoms with Crippen molar-refractivity contribution in [3.63, 3.8) is 0 Å². The number of benzene rings is 1. The lowest BCUT2D eigenvalue weighted by Crippen LogP contribution is -2.39. The number of likely N-dealkylation sites (N-methyl/N-ethyl adjacent to an activating group) is 1. The first-order valence-corrected chi connectivity index (χ1v) is 8.01. The molecule has 7 heteroatoms. The highest BCUT2D eigenvalue weighted by Gasteiger charge is 2.39. The van der Waals surface area contributed by atoms with Crippen molar-refractivity contribution in [3.05, 3.63) is 54.2 Å². The van der Waals surface area contributed by atoms with Crippen molar-refractivity contribution >= 4 is 0 Å². The molecule has 124 valence electrons. The van der Waals surface area contributed by atoms with Gasteiger partial charge in [-0.1, -0.05) is 29.4 Å². The van der Waals surface area contributed by atoms with E-state index in [1.165, 1.54) is 0 Å². The Labute approximate surface area is 140 Å². The lowest BCUT2D eigenvalue weighted by molar-refractivity contribution is 0.278. The van der Waals surface area contributed by atoms with Crippen LogP contribution in [0, 0.1) is 0 Å². The van der Waals surface area contributed by atoms with Crippen LogP contribution in [0.5, 0.6) is 0 Å². The van der Waals surface area contributed by atoms with E-state index in [0.717, 1.165) is 30.6 Å². The summed E-state index contributed by atoms with van der Waals surface area (Å²) in [6, 6.07) is 9.93. The standard InChI is InChI=1S/C17H20N6O/c1-22-10-7-17(18,12-22)16-20-15(21-24-16)14-6-3-2-5-13(14)11-23-9-4-8-19-23/h2-6,8-9H,7,10-12,18H2,1H3. The number of hydrogen-bond donors (Lipinski definition) is 1. The molecule has 24 heavy (non-hydrogen) atoms. The molecule has 0 aliphatic carbocycles. The zero-order valence-corrected chi connectivity index (χ0v) is 13.6. The van der Waals surface area contributed by atoms with Crippen LogP contribution in [-0.4, -0.2) is 45.0 Å². The van der Waals surface area contributed by atoms with E-state index in [1.54, 1.807) is 6.20 Å². The van der Waals surface area contributed by atoms with E-state index in [2.05, 4.69) is 26.2 Å². The molecule has 0 amide bonds. The molecular formula is C17H20N6O. The zero-order chi connectivity index (χ0) is 16.6. The predicted octanol–water partition coefficient (Wildman–Crippen LogP) is 1.47. The number of nitrogens with zero attached hydrogens (tertiary/aromatic N) is 5. The van der Waals surface area contributed by atoms with Crippen LogP contribution >= 0.6 is 0 Å². The van der Waals surface area contributed by atoms with Crippen molar-refractivity contribution in [1.29, 1.82) is 0 Å². The SMILES string of the molecule is CN1CCC(N)(c2nc(-c3ccccc3Cn3cccn3)no2)C1. The fourth-order valence-electron chi connectivity index (χ4n) is 3.18. The van der Waals surface area contributed by atoms with E-state index in [-0.39, 0.29) is 0 Å². The molecule has 1 fully saturated rings. The van der Waals surface area contributed by atoms with Crippen LogP contribution in [0.4, 0.5) is 0 Å². The van der Waals surface area contributed by atoms with Gasteiger partial charge in [0, 0.05) is 31.0 Å². The molecule has 7 nitrogen and oxygen atoms in total. The van der Waals surface area contributed by atoms with Crippen molar-refractivity contribution in [2.75, 3.05) is 20.1 Å². The minimum absolute atomic E-state index is 0.510. The molecule has 3 aromatic rings. The second-order valence-corrected chi connectivity index (χ2v) is 6.43. The summed E-state index contributed by atoms with van der Waals surface area (Å²) in [6.07, 6.45) is 4.52. The number of hydrogen-bond acceptors (Lipinski definition) is 6. The van der Waals surface area contributed by atoms with Gasteiger partial charge in [0.25, 0.3) is 0 Å². The Hall–Kier alpha value is -2.51. The van der Waals surface area contributed by atoms with Gasteiger partial charge in [-0.25, -0.2) is 0 Å². The van der Waals surface area contributed by atoms with Gasteiger partial charge in [-0.15, -0.1) is 0 Å². The third-order valence-corrected chi connectivity index (χ3v) is 4.49. The second kappa shape index (κ2) is 5.85.